The third-order valence-electron chi connectivity index (χ3n) is 6.12. The fraction of sp³-hybridized carbons (Fsp3) is 0.600. The highest BCUT2D eigenvalue weighted by Gasteiger charge is 2.52. The lowest BCUT2D eigenvalue weighted by Gasteiger charge is -2.47. The van der Waals surface area contributed by atoms with Crippen LogP contribution in [-0.4, -0.2) is 36.0 Å². The number of hydrogen-bond donors (Lipinski definition) is 1. The van der Waals surface area contributed by atoms with Crippen LogP contribution in [0.4, 0.5) is 0 Å². The molecule has 5 nitrogen and oxygen atoms in total. The molecular formula is C20H25N3O2. The zero-order chi connectivity index (χ0) is 17.5. The van der Waals surface area contributed by atoms with Crippen LogP contribution in [0.25, 0.3) is 0 Å². The van der Waals surface area contributed by atoms with E-state index in [-0.39, 0.29) is 17.6 Å². The number of likely N-dealkylation sites (tertiary alicyclic amines) is 1. The molecule has 2 fully saturated rings. The average Bonchev–Trinajstić information content (AvgIpc) is 3.44. The number of nitrogens with zero attached hydrogens (tertiary/aromatic N) is 2. The average molecular weight is 339 g/mol. The first-order chi connectivity index (χ1) is 12.1. The molecule has 2 aliphatic heterocycles. The number of hydrogen-bond acceptors (Lipinski definition) is 4. The molecule has 1 aliphatic carbocycles. The lowest BCUT2D eigenvalue weighted by Crippen LogP contribution is -2.52. The van der Waals surface area contributed by atoms with E-state index in [9.17, 15) is 10.1 Å². The summed E-state index contributed by atoms with van der Waals surface area (Å²) in [5, 5.41) is 12.5. The van der Waals surface area contributed by atoms with Gasteiger partial charge in [-0.2, -0.15) is 5.26 Å². The molecule has 1 spiro atoms. The molecule has 1 aromatic carbocycles. The number of fused-ring (bicyclic) bond motifs is 1. The van der Waals surface area contributed by atoms with Crippen molar-refractivity contribution in [1.29, 1.82) is 5.26 Å². The summed E-state index contributed by atoms with van der Waals surface area (Å²) in [6, 6.07) is 10.1. The van der Waals surface area contributed by atoms with Crippen molar-refractivity contribution in [3.8, 4) is 11.8 Å². The highest BCUT2D eigenvalue weighted by Crippen LogP contribution is 2.48. The van der Waals surface area contributed by atoms with Crippen molar-refractivity contribution >= 4 is 5.91 Å². The second-order valence-electron chi connectivity index (χ2n) is 7.68. The number of nitrogens with one attached hydrogen (secondary N) is 1. The van der Waals surface area contributed by atoms with Gasteiger partial charge >= 0.3 is 0 Å². The van der Waals surface area contributed by atoms with Crippen molar-refractivity contribution in [3.63, 3.8) is 0 Å². The number of carbonyl (C=O) groups is 1. The number of piperidine rings is 1. The monoisotopic (exact) mass is 339 g/mol. The fourth-order valence-corrected chi connectivity index (χ4v) is 4.14. The summed E-state index contributed by atoms with van der Waals surface area (Å²) in [6.45, 7) is 5.31. The van der Waals surface area contributed by atoms with Crippen molar-refractivity contribution < 1.29 is 9.53 Å². The van der Waals surface area contributed by atoms with Gasteiger partial charge in [0.25, 0.3) is 0 Å². The van der Waals surface area contributed by atoms with Gasteiger partial charge in [0.15, 0.2) is 0 Å². The SMILES string of the molecule is CCN1CCC2(CC1)CC(NC(=O)C1(C#N)CC1)c1ccccc1O2. The lowest BCUT2D eigenvalue weighted by atomic mass is 9.80. The van der Waals surface area contributed by atoms with Gasteiger partial charge in [-0.25, -0.2) is 0 Å². The maximum atomic E-state index is 12.6. The van der Waals surface area contributed by atoms with E-state index in [1.807, 2.05) is 24.3 Å². The molecule has 1 N–H and O–H groups in total. The van der Waals surface area contributed by atoms with E-state index in [1.165, 1.54) is 0 Å². The zero-order valence-electron chi connectivity index (χ0n) is 14.8. The summed E-state index contributed by atoms with van der Waals surface area (Å²) in [4.78, 5) is 15.1. The number of benzene rings is 1. The third-order valence-corrected chi connectivity index (χ3v) is 6.12. The van der Waals surface area contributed by atoms with E-state index < -0.39 is 5.41 Å². The number of nitriles is 1. The van der Waals surface area contributed by atoms with Crippen LogP contribution in [0, 0.1) is 16.7 Å². The Bertz CT molecular complexity index is 712. The Morgan fingerprint density at radius 1 is 1.32 bits per heavy atom. The minimum absolute atomic E-state index is 0.0727. The van der Waals surface area contributed by atoms with E-state index in [0.29, 0.717) is 12.8 Å². The number of para-hydroxylation sites is 1. The van der Waals surface area contributed by atoms with Crippen LogP contribution in [0.2, 0.25) is 0 Å². The summed E-state index contributed by atoms with van der Waals surface area (Å²) in [5.74, 6) is 0.767. The maximum Gasteiger partial charge on any atom is 0.240 e. The first-order valence-corrected chi connectivity index (χ1v) is 9.32. The Kier molecular flexibility index (Phi) is 3.96. The Labute approximate surface area is 149 Å². The summed E-state index contributed by atoms with van der Waals surface area (Å²) in [7, 11) is 0. The standard InChI is InChI=1S/C20H25N3O2/c1-2-23-11-9-20(10-12-23)13-16(15-5-3-4-6-17(15)25-20)22-18(24)19(14-21)7-8-19/h3-6,16H,2,7-13H2,1H3,(H,22,24). The molecule has 1 saturated carbocycles. The molecule has 1 saturated heterocycles. The number of carbonyl (C=O) groups excluding carboxylic acids is 1. The van der Waals surface area contributed by atoms with Gasteiger partial charge in [0.2, 0.25) is 5.91 Å². The van der Waals surface area contributed by atoms with Crippen molar-refractivity contribution in [2.45, 2.75) is 50.7 Å². The van der Waals surface area contributed by atoms with Crippen molar-refractivity contribution in [2.75, 3.05) is 19.6 Å². The molecule has 3 aliphatic rings. The minimum Gasteiger partial charge on any atom is -0.487 e. The normalized spacial score (nSPS) is 26.2. The Balaban J connectivity index is 1.58. The van der Waals surface area contributed by atoms with E-state index in [4.69, 9.17) is 4.74 Å². The molecule has 1 amide bonds. The highest BCUT2D eigenvalue weighted by atomic mass is 16.5. The van der Waals surface area contributed by atoms with Gasteiger partial charge in [-0.15, -0.1) is 0 Å². The van der Waals surface area contributed by atoms with Crippen LogP contribution in [0.5, 0.6) is 5.75 Å². The van der Waals surface area contributed by atoms with E-state index in [0.717, 1.165) is 50.2 Å². The Morgan fingerprint density at radius 2 is 2.04 bits per heavy atom. The molecule has 0 bridgehead atoms. The molecule has 0 aromatic heterocycles. The second kappa shape index (κ2) is 6.03. The van der Waals surface area contributed by atoms with Crippen LogP contribution in [0.15, 0.2) is 24.3 Å². The predicted octanol–water partition coefficient (Wildman–Crippen LogP) is 2.78. The molecule has 4 rings (SSSR count). The lowest BCUT2D eigenvalue weighted by molar-refractivity contribution is -0.126. The highest BCUT2D eigenvalue weighted by molar-refractivity contribution is 5.88. The molecule has 0 radical (unpaired) electrons. The van der Waals surface area contributed by atoms with Gasteiger partial charge < -0.3 is 15.0 Å². The molecule has 25 heavy (non-hydrogen) atoms. The second-order valence-corrected chi connectivity index (χ2v) is 7.68. The minimum atomic E-state index is -0.786. The molecule has 1 atom stereocenters. The largest absolute Gasteiger partial charge is 0.487 e. The van der Waals surface area contributed by atoms with Crippen LogP contribution < -0.4 is 10.1 Å². The Morgan fingerprint density at radius 3 is 2.68 bits per heavy atom. The number of amides is 1. The van der Waals surface area contributed by atoms with E-state index in [1.54, 1.807) is 0 Å². The van der Waals surface area contributed by atoms with Crippen molar-refractivity contribution in [2.24, 2.45) is 5.41 Å². The van der Waals surface area contributed by atoms with Crippen molar-refractivity contribution in [3.05, 3.63) is 29.8 Å². The van der Waals surface area contributed by atoms with Gasteiger partial charge in [0.1, 0.15) is 16.8 Å². The van der Waals surface area contributed by atoms with E-state index in [2.05, 4.69) is 23.2 Å². The first-order valence-electron chi connectivity index (χ1n) is 9.32. The van der Waals surface area contributed by atoms with Gasteiger partial charge in [-0.1, -0.05) is 25.1 Å². The first kappa shape index (κ1) is 16.4. The fourth-order valence-electron chi connectivity index (χ4n) is 4.14. The van der Waals surface area contributed by atoms with E-state index >= 15 is 0 Å². The van der Waals surface area contributed by atoms with Crippen LogP contribution in [-0.2, 0) is 4.79 Å². The zero-order valence-corrected chi connectivity index (χ0v) is 14.8. The molecule has 5 heteroatoms. The molecule has 132 valence electrons. The molecule has 1 unspecified atom stereocenters. The molecular weight excluding hydrogens is 314 g/mol. The topological polar surface area (TPSA) is 65.4 Å². The van der Waals surface area contributed by atoms with Crippen LogP contribution in [0.1, 0.15) is 50.6 Å². The Hall–Kier alpha value is -2.06. The molecule has 2 heterocycles. The van der Waals surface area contributed by atoms with Crippen LogP contribution in [0.3, 0.4) is 0 Å². The smallest absolute Gasteiger partial charge is 0.240 e. The van der Waals surface area contributed by atoms with Crippen LogP contribution >= 0.6 is 0 Å². The summed E-state index contributed by atoms with van der Waals surface area (Å²) in [6.07, 6.45) is 4.10. The number of ether oxygens (including phenoxy) is 1. The third kappa shape index (κ3) is 2.89. The quantitative estimate of drug-likeness (QED) is 0.920. The van der Waals surface area contributed by atoms with Gasteiger partial charge in [0.05, 0.1) is 12.1 Å². The van der Waals surface area contributed by atoms with Gasteiger partial charge in [-0.05, 0) is 38.3 Å². The van der Waals surface area contributed by atoms with Gasteiger partial charge in [0, 0.05) is 25.1 Å². The summed E-state index contributed by atoms with van der Waals surface area (Å²) in [5.41, 5.74) is 0.0426. The summed E-state index contributed by atoms with van der Waals surface area (Å²) >= 11 is 0. The maximum absolute atomic E-state index is 12.6. The predicted molar refractivity (Wildman–Crippen MR) is 93.9 cm³/mol. The van der Waals surface area contributed by atoms with Gasteiger partial charge in [-0.3, -0.25) is 4.79 Å². The molecule has 1 aromatic rings. The van der Waals surface area contributed by atoms with Crippen molar-refractivity contribution in [1.82, 2.24) is 10.2 Å². The summed E-state index contributed by atoms with van der Waals surface area (Å²) < 4.78 is 6.45. The number of rotatable bonds is 3.